The van der Waals surface area contributed by atoms with Gasteiger partial charge in [-0.05, 0) is 70.7 Å². The molecule has 9 nitrogen and oxygen atoms in total. The minimum atomic E-state index is -0.249. The van der Waals surface area contributed by atoms with Gasteiger partial charge >= 0.3 is 0 Å². The van der Waals surface area contributed by atoms with Crippen molar-refractivity contribution < 1.29 is 0 Å². The zero-order valence-electron chi connectivity index (χ0n) is 27.8. The number of anilines is 2. The maximum absolute atomic E-state index is 10.1. The molecular weight excluding hydrogens is 606 g/mol. The maximum Gasteiger partial charge on any atom is 0.103 e. The van der Waals surface area contributed by atoms with Crippen LogP contribution in [0.2, 0.25) is 5.02 Å². The molecule has 0 saturated carbocycles. The van der Waals surface area contributed by atoms with Gasteiger partial charge in [-0.15, -0.1) is 5.53 Å². The summed E-state index contributed by atoms with van der Waals surface area (Å²) in [6, 6.07) is 20.8. The fraction of sp³-hybridized carbons (Fsp3) is 0.378. The molecule has 47 heavy (non-hydrogen) atoms. The topological polar surface area (TPSA) is 104 Å². The first kappa shape index (κ1) is 32.6. The summed E-state index contributed by atoms with van der Waals surface area (Å²) in [5, 5.41) is 21.0. The lowest BCUT2D eigenvalue weighted by Gasteiger charge is -2.42. The Morgan fingerprint density at radius 1 is 1.06 bits per heavy atom. The number of aryl methyl sites for hydroxylation is 1. The van der Waals surface area contributed by atoms with Gasteiger partial charge in [-0.1, -0.05) is 54.9 Å². The van der Waals surface area contributed by atoms with E-state index in [1.807, 2.05) is 49.5 Å². The van der Waals surface area contributed by atoms with Crippen molar-refractivity contribution in [2.75, 3.05) is 23.7 Å². The lowest BCUT2D eigenvalue weighted by Crippen LogP contribution is -2.52. The van der Waals surface area contributed by atoms with Crippen LogP contribution in [-0.2, 0) is 0 Å². The Hall–Kier alpha value is -4.36. The lowest BCUT2D eigenvalue weighted by atomic mass is 9.97. The van der Waals surface area contributed by atoms with Crippen molar-refractivity contribution in [2.24, 2.45) is 0 Å². The molecule has 2 aromatic carbocycles. The summed E-state index contributed by atoms with van der Waals surface area (Å²) in [6.07, 6.45) is 8.58. The largest absolute Gasteiger partial charge is 0.377 e. The van der Waals surface area contributed by atoms with E-state index in [2.05, 4.69) is 99.6 Å². The van der Waals surface area contributed by atoms with Crippen LogP contribution >= 0.6 is 11.6 Å². The molecule has 0 amide bonds. The van der Waals surface area contributed by atoms with Crippen LogP contribution in [0.25, 0.3) is 10.9 Å². The number of aromatic nitrogens is 2. The van der Waals surface area contributed by atoms with E-state index in [-0.39, 0.29) is 17.6 Å². The van der Waals surface area contributed by atoms with Gasteiger partial charge in [0.1, 0.15) is 6.07 Å². The molecule has 2 atom stereocenters. The maximum atomic E-state index is 10.1. The van der Waals surface area contributed by atoms with Gasteiger partial charge in [0.2, 0.25) is 0 Å². The van der Waals surface area contributed by atoms with Gasteiger partial charge in [-0.25, -0.2) is 0 Å². The standard InChI is InChI=1S/C37H44ClN9/c1-6-32(25-11-8-7-9-12-25)43-34-26(21-39)22-41-35-30(34)19-27(20-31(35)38)42-36(29-13-10-16-40-24(29)2)33-23-47(45-44-33)28-14-17-46(18-15-28)37(3,4)5/h7-13,16,19-20,22-23,28,32,36,42,44-45H,6,14-15,17-18H2,1-5H3,(H,41,43)/t32-,36+/m1/s1. The average molecular weight is 650 g/mol. The fourth-order valence-electron chi connectivity index (χ4n) is 6.66. The molecule has 0 bridgehead atoms. The van der Waals surface area contributed by atoms with E-state index >= 15 is 0 Å². The second-order valence-electron chi connectivity index (χ2n) is 13.4. The Bertz CT molecular complexity index is 1790. The highest BCUT2D eigenvalue weighted by Gasteiger charge is 2.32. The van der Waals surface area contributed by atoms with Crippen molar-refractivity contribution >= 4 is 33.9 Å². The van der Waals surface area contributed by atoms with Gasteiger partial charge in [-0.3, -0.25) is 19.9 Å². The number of hydrogen-bond donors (Lipinski definition) is 4. The highest BCUT2D eigenvalue weighted by atomic mass is 35.5. The summed E-state index contributed by atoms with van der Waals surface area (Å²) < 4.78 is 0. The molecule has 4 heterocycles. The third-order valence-corrected chi connectivity index (χ3v) is 9.66. The summed E-state index contributed by atoms with van der Waals surface area (Å²) in [7, 11) is 0. The second kappa shape index (κ2) is 13.8. The summed E-state index contributed by atoms with van der Waals surface area (Å²) in [5.74, 6) is 0. The molecule has 0 spiro atoms. The number of nitriles is 1. The van der Waals surface area contributed by atoms with Gasteiger partial charge in [-0.2, -0.15) is 5.26 Å². The number of benzene rings is 2. The van der Waals surface area contributed by atoms with E-state index in [1.165, 1.54) is 0 Å². The minimum Gasteiger partial charge on any atom is -0.377 e. The third-order valence-electron chi connectivity index (χ3n) is 9.37. The van der Waals surface area contributed by atoms with E-state index < -0.39 is 0 Å². The molecule has 2 aliphatic rings. The third kappa shape index (κ3) is 7.01. The summed E-state index contributed by atoms with van der Waals surface area (Å²) in [4.78, 5) is 11.8. The monoisotopic (exact) mass is 649 g/mol. The number of fused-ring (bicyclic) bond motifs is 1. The number of halogens is 1. The molecule has 1 fully saturated rings. The SMILES string of the molecule is CC[C@@H](Nc1c(C#N)cnc2c(Cl)cc(N[C@H](C3=CN(C4CCN(C(C)(C)C)CC4)NN3)c3cccnc3C)cc12)c1ccccc1. The van der Waals surface area contributed by atoms with Crippen LogP contribution in [0.4, 0.5) is 11.4 Å². The number of piperidine rings is 1. The molecule has 6 rings (SSSR count). The van der Waals surface area contributed by atoms with Crippen LogP contribution < -0.4 is 21.6 Å². The van der Waals surface area contributed by atoms with E-state index in [9.17, 15) is 5.26 Å². The van der Waals surface area contributed by atoms with Crippen molar-refractivity contribution in [3.8, 4) is 6.07 Å². The van der Waals surface area contributed by atoms with E-state index in [0.717, 1.165) is 71.6 Å². The number of nitrogens with zero attached hydrogens (tertiary/aromatic N) is 5. The molecule has 0 aliphatic carbocycles. The van der Waals surface area contributed by atoms with Gasteiger partial charge in [0.25, 0.3) is 0 Å². The molecule has 10 heteroatoms. The highest BCUT2D eigenvalue weighted by molar-refractivity contribution is 6.35. The summed E-state index contributed by atoms with van der Waals surface area (Å²) in [6.45, 7) is 13.1. The van der Waals surface area contributed by atoms with Crippen molar-refractivity contribution in [1.29, 1.82) is 5.26 Å². The van der Waals surface area contributed by atoms with E-state index in [0.29, 0.717) is 22.1 Å². The number of hydrogen-bond acceptors (Lipinski definition) is 9. The van der Waals surface area contributed by atoms with E-state index in [1.54, 1.807) is 6.20 Å². The molecule has 0 radical (unpaired) electrons. The molecule has 4 aromatic rings. The minimum absolute atomic E-state index is 0.00949. The highest BCUT2D eigenvalue weighted by Crippen LogP contribution is 2.38. The quantitative estimate of drug-likeness (QED) is 0.146. The average Bonchev–Trinajstić information content (AvgIpc) is 3.57. The first-order chi connectivity index (χ1) is 22.7. The Morgan fingerprint density at radius 2 is 1.83 bits per heavy atom. The van der Waals surface area contributed by atoms with Gasteiger partial charge < -0.3 is 16.1 Å². The molecule has 244 valence electrons. The molecule has 1 saturated heterocycles. The molecule has 0 unspecified atom stereocenters. The zero-order chi connectivity index (χ0) is 33.1. The summed E-state index contributed by atoms with van der Waals surface area (Å²) in [5.41, 5.74) is 13.8. The fourth-order valence-corrected chi connectivity index (χ4v) is 6.93. The Morgan fingerprint density at radius 3 is 2.51 bits per heavy atom. The van der Waals surface area contributed by atoms with Crippen molar-refractivity contribution in [3.05, 3.63) is 106 Å². The Kier molecular flexibility index (Phi) is 9.55. The molecule has 2 aromatic heterocycles. The number of rotatable bonds is 9. The second-order valence-corrected chi connectivity index (χ2v) is 13.8. The summed E-state index contributed by atoms with van der Waals surface area (Å²) >= 11 is 6.93. The van der Waals surface area contributed by atoms with Crippen molar-refractivity contribution in [3.63, 3.8) is 0 Å². The van der Waals surface area contributed by atoms with Crippen LogP contribution in [0.3, 0.4) is 0 Å². The number of hydrazine groups is 2. The van der Waals surface area contributed by atoms with Crippen LogP contribution in [0.1, 0.15) is 81.4 Å². The zero-order valence-corrected chi connectivity index (χ0v) is 28.6. The Balaban J connectivity index is 1.34. The van der Waals surface area contributed by atoms with Gasteiger partial charge in [0.15, 0.2) is 0 Å². The van der Waals surface area contributed by atoms with Crippen LogP contribution in [0, 0.1) is 18.3 Å². The van der Waals surface area contributed by atoms with Crippen LogP contribution in [0.15, 0.2) is 78.9 Å². The van der Waals surface area contributed by atoms with Gasteiger partial charge in [0.05, 0.1) is 39.6 Å². The van der Waals surface area contributed by atoms with Crippen LogP contribution in [-0.4, -0.2) is 44.5 Å². The number of likely N-dealkylation sites (tertiary alicyclic amines) is 1. The first-order valence-corrected chi connectivity index (χ1v) is 16.8. The molecular formula is C37H44ClN9. The normalized spacial score (nSPS) is 17.1. The molecule has 2 aliphatic heterocycles. The molecule has 4 N–H and O–H groups in total. The van der Waals surface area contributed by atoms with Crippen molar-refractivity contribution in [1.82, 2.24) is 30.8 Å². The predicted molar refractivity (Wildman–Crippen MR) is 190 cm³/mol. The lowest BCUT2D eigenvalue weighted by molar-refractivity contribution is 0.0570. The smallest absolute Gasteiger partial charge is 0.103 e. The van der Waals surface area contributed by atoms with Crippen LogP contribution in [0.5, 0.6) is 0 Å². The van der Waals surface area contributed by atoms with Crippen molar-refractivity contribution in [2.45, 2.75) is 77.5 Å². The van der Waals surface area contributed by atoms with Gasteiger partial charge in [0, 0.05) is 65.6 Å². The van der Waals surface area contributed by atoms with E-state index in [4.69, 9.17) is 11.6 Å². The Labute approximate surface area is 283 Å². The number of nitrogens with one attached hydrogen (secondary N) is 4. The first-order valence-electron chi connectivity index (χ1n) is 16.4. The predicted octanol–water partition coefficient (Wildman–Crippen LogP) is 7.61. The number of pyridine rings is 2.